The van der Waals surface area contributed by atoms with Crippen LogP contribution in [0, 0.1) is 22.7 Å². The minimum absolute atomic E-state index is 0.0295. The molecule has 250 valence electrons. The number of carbonyl (C=O) groups is 1. The largest absolute Gasteiger partial charge is 0.431 e. The van der Waals surface area contributed by atoms with Gasteiger partial charge in [-0.05, 0) is 87.7 Å². The maximum absolute atomic E-state index is 13.2. The smallest absolute Gasteiger partial charge is 0.413 e. The molecule has 2 aliphatic heterocycles. The number of carbonyl (C=O) groups excluding carboxylic acids is 1. The van der Waals surface area contributed by atoms with Gasteiger partial charge in [-0.1, -0.05) is 6.92 Å². The van der Waals surface area contributed by atoms with Crippen molar-refractivity contribution in [1.29, 1.82) is 0 Å². The predicted molar refractivity (Wildman–Crippen MR) is 154 cm³/mol. The van der Waals surface area contributed by atoms with Crippen molar-refractivity contribution in [3.05, 3.63) is 34.4 Å². The molecule has 13 atom stereocenters. The van der Waals surface area contributed by atoms with E-state index >= 15 is 0 Å². The van der Waals surface area contributed by atoms with Gasteiger partial charge in [-0.3, -0.25) is 9.47 Å². The van der Waals surface area contributed by atoms with Gasteiger partial charge in [0.1, 0.15) is 24.6 Å². The summed E-state index contributed by atoms with van der Waals surface area (Å²) >= 11 is 0. The summed E-state index contributed by atoms with van der Waals surface area (Å²) in [6.07, 6.45) is 0.838. The highest BCUT2D eigenvalue weighted by atomic mass is 17.0. The lowest BCUT2D eigenvalue weighted by atomic mass is 9.41. The van der Waals surface area contributed by atoms with Crippen molar-refractivity contribution in [2.75, 3.05) is 14.2 Å². The van der Waals surface area contributed by atoms with Crippen LogP contribution in [0.25, 0.3) is 0 Å². The Morgan fingerprint density at radius 1 is 0.956 bits per heavy atom. The summed E-state index contributed by atoms with van der Waals surface area (Å²) in [4.78, 5) is 24.8. The molecule has 1 aromatic heterocycles. The molecule has 6 fully saturated rings. The van der Waals surface area contributed by atoms with Gasteiger partial charge in [-0.2, -0.15) is 0 Å². The third kappa shape index (κ3) is 4.44. The van der Waals surface area contributed by atoms with Crippen molar-refractivity contribution in [3.8, 4) is 0 Å². The number of ether oxygens (including phenoxy) is 6. The van der Waals surface area contributed by atoms with Gasteiger partial charge in [0.05, 0.1) is 35.1 Å². The van der Waals surface area contributed by atoms with Crippen molar-refractivity contribution in [1.82, 2.24) is 0 Å². The van der Waals surface area contributed by atoms with E-state index in [2.05, 4.69) is 6.92 Å². The fraction of sp³-hybridized carbons (Fsp3) is 0.818. The van der Waals surface area contributed by atoms with E-state index in [9.17, 15) is 24.9 Å². The summed E-state index contributed by atoms with van der Waals surface area (Å²) in [5, 5.41) is 35.6. The fourth-order valence-electron chi connectivity index (χ4n) is 10.5. The highest BCUT2D eigenvalue weighted by molar-refractivity contribution is 5.64. The highest BCUT2D eigenvalue weighted by Crippen LogP contribution is 2.71. The molecule has 4 aliphatic carbocycles. The van der Waals surface area contributed by atoms with E-state index in [1.54, 1.807) is 13.0 Å². The Balaban J connectivity index is 1.11. The number of fused-ring (bicyclic) bond motifs is 6. The third-order valence-electron chi connectivity index (χ3n) is 13.0. The van der Waals surface area contributed by atoms with Crippen LogP contribution in [-0.4, -0.2) is 90.0 Å². The van der Waals surface area contributed by atoms with E-state index in [1.807, 2.05) is 0 Å². The van der Waals surface area contributed by atoms with Crippen molar-refractivity contribution in [2.24, 2.45) is 22.7 Å². The topological polar surface area (TPSA) is 163 Å². The monoisotopic (exact) mass is 634 g/mol. The number of rotatable bonds is 6. The van der Waals surface area contributed by atoms with Gasteiger partial charge in [0.25, 0.3) is 0 Å². The molecule has 0 radical (unpaired) electrons. The maximum Gasteiger partial charge on any atom is 0.413 e. The molecule has 0 spiro atoms. The summed E-state index contributed by atoms with van der Waals surface area (Å²) in [5.74, 6) is -0.298. The van der Waals surface area contributed by atoms with Crippen LogP contribution in [0.1, 0.15) is 83.1 Å². The fourth-order valence-corrected chi connectivity index (χ4v) is 10.5. The Morgan fingerprint density at radius 2 is 1.69 bits per heavy atom. The van der Waals surface area contributed by atoms with Crippen LogP contribution in [0.5, 0.6) is 0 Å². The molecule has 45 heavy (non-hydrogen) atoms. The van der Waals surface area contributed by atoms with Gasteiger partial charge in [0.15, 0.2) is 6.29 Å². The Kier molecular flexibility index (Phi) is 7.71. The second-order valence-corrected chi connectivity index (χ2v) is 14.6. The van der Waals surface area contributed by atoms with E-state index in [1.165, 1.54) is 26.5 Å². The molecule has 12 heteroatoms. The molecular weight excluding hydrogens is 588 g/mol. The van der Waals surface area contributed by atoms with Crippen LogP contribution in [0.4, 0.5) is 0 Å². The molecule has 4 saturated carbocycles. The zero-order valence-corrected chi connectivity index (χ0v) is 26.4. The van der Waals surface area contributed by atoms with E-state index < -0.39 is 70.6 Å². The van der Waals surface area contributed by atoms with Crippen molar-refractivity contribution in [2.45, 2.75) is 132 Å². The summed E-state index contributed by atoms with van der Waals surface area (Å²) < 4.78 is 40.1. The van der Waals surface area contributed by atoms with Gasteiger partial charge < -0.3 is 43.5 Å². The molecular formula is C33H46O12. The van der Waals surface area contributed by atoms with Gasteiger partial charge in [0, 0.05) is 32.1 Å². The zero-order chi connectivity index (χ0) is 32.0. The number of methoxy groups -OCH3 is 2. The van der Waals surface area contributed by atoms with Crippen LogP contribution in [0.2, 0.25) is 0 Å². The first-order valence-corrected chi connectivity index (χ1v) is 16.3. The molecule has 13 unspecified atom stereocenters. The molecule has 7 rings (SSSR count). The van der Waals surface area contributed by atoms with Crippen LogP contribution >= 0.6 is 0 Å². The van der Waals surface area contributed by atoms with Crippen molar-refractivity contribution < 1.29 is 53.0 Å². The second-order valence-electron chi connectivity index (χ2n) is 14.6. The number of aldehydes is 1. The molecule has 1 aromatic rings. The molecule has 0 amide bonds. The lowest BCUT2D eigenvalue weighted by Gasteiger charge is -2.65. The van der Waals surface area contributed by atoms with Crippen molar-refractivity contribution in [3.63, 3.8) is 0 Å². The Hall–Kier alpha value is -1.74. The minimum atomic E-state index is -1.80. The first-order valence-electron chi connectivity index (χ1n) is 16.3. The average Bonchev–Trinajstić information content (AvgIpc) is 3.56. The summed E-state index contributed by atoms with van der Waals surface area (Å²) in [6.45, 7) is 3.85. The highest BCUT2D eigenvalue weighted by Gasteiger charge is 2.71. The summed E-state index contributed by atoms with van der Waals surface area (Å²) in [5.41, 5.74) is -3.29. The van der Waals surface area contributed by atoms with Gasteiger partial charge in [0.2, 0.25) is 0 Å². The van der Waals surface area contributed by atoms with Crippen LogP contribution in [-0.2, 0) is 33.2 Å². The summed E-state index contributed by atoms with van der Waals surface area (Å²) in [7, 11) is 2.74. The van der Waals surface area contributed by atoms with Gasteiger partial charge in [-0.15, -0.1) is 0 Å². The molecule has 0 aromatic carbocycles. The second kappa shape index (κ2) is 10.9. The number of hydrogen-bond acceptors (Lipinski definition) is 12. The molecule has 2 saturated heterocycles. The average molecular weight is 635 g/mol. The third-order valence-corrected chi connectivity index (χ3v) is 13.0. The normalized spacial score (nSPS) is 50.2. The number of hydrogen-bond donors (Lipinski definition) is 3. The van der Waals surface area contributed by atoms with E-state index in [0.717, 1.165) is 18.3 Å². The molecule has 3 heterocycles. The van der Waals surface area contributed by atoms with Crippen molar-refractivity contribution >= 4 is 6.29 Å². The SMILES string of the molecule is COC1(OC)OC2C(OC3CCC4(C=O)C5CCC6(C)C(c7ccc(=O)oc7)CCC6(O)C5CCC4(O)C3)OC(C)C(O)C2O1. The van der Waals surface area contributed by atoms with Crippen LogP contribution < -0.4 is 5.63 Å². The Bertz CT molecular complexity index is 1330. The lowest BCUT2D eigenvalue weighted by molar-refractivity contribution is -0.459. The first kappa shape index (κ1) is 31.8. The summed E-state index contributed by atoms with van der Waals surface area (Å²) in [6, 6.07) is 3.24. The molecule has 0 bridgehead atoms. The predicted octanol–water partition coefficient (Wildman–Crippen LogP) is 2.35. The molecule has 12 nitrogen and oxygen atoms in total. The first-order chi connectivity index (χ1) is 21.4. The van der Waals surface area contributed by atoms with E-state index in [4.69, 9.17) is 32.8 Å². The van der Waals surface area contributed by atoms with Crippen LogP contribution in [0.3, 0.4) is 0 Å². The lowest BCUT2D eigenvalue weighted by Crippen LogP contribution is -2.69. The quantitative estimate of drug-likeness (QED) is 0.238. The zero-order valence-electron chi connectivity index (χ0n) is 26.4. The standard InChI is InChI=1S/C33H46O12/c1-18-25(36)26-27(45-33(39-3,40-4)44-26)28(42-18)43-20-7-12-30(17-34)22-8-11-29(2)21(19-5-6-24(35)41-16-19)10-14-32(29,38)23(22)9-13-31(30,37)15-20/h5-6,16-18,20-23,25-28,36-38H,7-15H2,1-4H3. The number of aliphatic hydroxyl groups is 3. The Labute approximate surface area is 262 Å². The van der Waals surface area contributed by atoms with E-state index in [-0.39, 0.29) is 24.2 Å². The van der Waals surface area contributed by atoms with Crippen LogP contribution in [0.15, 0.2) is 27.6 Å². The minimum Gasteiger partial charge on any atom is -0.431 e. The van der Waals surface area contributed by atoms with Gasteiger partial charge in [-0.25, -0.2) is 4.79 Å². The van der Waals surface area contributed by atoms with E-state index in [0.29, 0.717) is 44.9 Å². The molecule has 3 N–H and O–H groups in total. The van der Waals surface area contributed by atoms with Gasteiger partial charge >= 0.3 is 11.8 Å². The maximum atomic E-state index is 13.2. The Morgan fingerprint density at radius 3 is 2.38 bits per heavy atom. The molecule has 6 aliphatic rings. The number of aliphatic hydroxyl groups excluding tert-OH is 1.